The quantitative estimate of drug-likeness (QED) is 0.712. The van der Waals surface area contributed by atoms with Crippen LogP contribution in [0.25, 0.3) is 11.4 Å². The number of hydrogen-bond acceptors (Lipinski definition) is 6. The minimum absolute atomic E-state index is 0.102. The third-order valence-corrected chi connectivity index (χ3v) is 4.91. The van der Waals surface area contributed by atoms with Crippen molar-refractivity contribution in [2.24, 2.45) is 0 Å². The van der Waals surface area contributed by atoms with E-state index in [0.29, 0.717) is 5.82 Å². The first-order chi connectivity index (χ1) is 12.5. The molecule has 2 aromatic heterocycles. The lowest BCUT2D eigenvalue weighted by atomic mass is 9.91. The van der Waals surface area contributed by atoms with E-state index in [1.165, 1.54) is 36.5 Å². The minimum Gasteiger partial charge on any atom is -0.337 e. The van der Waals surface area contributed by atoms with E-state index in [0.717, 1.165) is 10.5 Å². The fourth-order valence-electron chi connectivity index (χ4n) is 2.85. The Morgan fingerprint density at radius 2 is 2.12 bits per heavy atom. The number of aromatic nitrogens is 2. The van der Waals surface area contributed by atoms with Crippen LogP contribution in [0.5, 0.6) is 0 Å². The van der Waals surface area contributed by atoms with Gasteiger partial charge < -0.3 is 9.84 Å². The minimum atomic E-state index is -1.49. The van der Waals surface area contributed by atoms with Crippen LogP contribution in [0.2, 0.25) is 0 Å². The number of urea groups is 1. The van der Waals surface area contributed by atoms with E-state index in [4.69, 9.17) is 4.52 Å². The van der Waals surface area contributed by atoms with Gasteiger partial charge in [-0.15, -0.1) is 0 Å². The summed E-state index contributed by atoms with van der Waals surface area (Å²) >= 11 is 1.49. The molecule has 1 atom stereocenters. The number of halogens is 1. The maximum Gasteiger partial charge on any atom is 0.325 e. The molecule has 0 unspecified atom stereocenters. The first-order valence-electron chi connectivity index (χ1n) is 7.73. The van der Waals surface area contributed by atoms with Crippen LogP contribution < -0.4 is 5.32 Å². The summed E-state index contributed by atoms with van der Waals surface area (Å²) in [5.74, 6) is -0.649. The molecule has 3 heterocycles. The van der Waals surface area contributed by atoms with Crippen molar-refractivity contribution >= 4 is 23.3 Å². The third kappa shape index (κ3) is 2.57. The molecule has 0 aliphatic carbocycles. The second kappa shape index (κ2) is 6.03. The summed E-state index contributed by atoms with van der Waals surface area (Å²) < 4.78 is 19.3. The fraction of sp³-hybridized carbons (Fsp3) is 0.176. The fourth-order valence-corrected chi connectivity index (χ4v) is 3.49. The van der Waals surface area contributed by atoms with Crippen LogP contribution in [0.3, 0.4) is 0 Å². The molecule has 4 rings (SSSR count). The van der Waals surface area contributed by atoms with E-state index in [1.54, 1.807) is 6.07 Å². The Bertz CT molecular complexity index is 988. The molecule has 1 aliphatic heterocycles. The highest BCUT2D eigenvalue weighted by Gasteiger charge is 2.50. The van der Waals surface area contributed by atoms with Crippen LogP contribution in [0.4, 0.5) is 9.18 Å². The number of imide groups is 1. The van der Waals surface area contributed by atoms with Crippen molar-refractivity contribution in [2.75, 3.05) is 0 Å². The number of thiophene rings is 1. The lowest BCUT2D eigenvalue weighted by Crippen LogP contribution is -2.41. The van der Waals surface area contributed by atoms with Gasteiger partial charge in [0.2, 0.25) is 11.7 Å². The monoisotopic (exact) mass is 372 g/mol. The first-order valence-corrected chi connectivity index (χ1v) is 8.67. The van der Waals surface area contributed by atoms with Crippen LogP contribution in [0.1, 0.15) is 18.4 Å². The summed E-state index contributed by atoms with van der Waals surface area (Å²) in [5, 5.41) is 10.1. The number of carbonyl (C=O) groups is 2. The van der Waals surface area contributed by atoms with E-state index >= 15 is 0 Å². The van der Waals surface area contributed by atoms with Crippen LogP contribution >= 0.6 is 11.3 Å². The zero-order valence-electron chi connectivity index (χ0n) is 13.6. The van der Waals surface area contributed by atoms with Crippen LogP contribution in [0.15, 0.2) is 45.6 Å². The van der Waals surface area contributed by atoms with Gasteiger partial charge in [0.25, 0.3) is 5.91 Å². The third-order valence-electron chi connectivity index (χ3n) is 4.23. The molecule has 1 aliphatic rings. The second-order valence-corrected chi connectivity index (χ2v) is 6.73. The van der Waals surface area contributed by atoms with Gasteiger partial charge in [-0.2, -0.15) is 16.3 Å². The SMILES string of the molecule is C[C@]1(c2ccccc2F)NC(=O)N(Cc2nc(-c3ccsc3)no2)C1=O. The zero-order chi connectivity index (χ0) is 18.3. The van der Waals surface area contributed by atoms with E-state index in [9.17, 15) is 14.0 Å². The summed E-state index contributed by atoms with van der Waals surface area (Å²) in [6.07, 6.45) is 0. The van der Waals surface area contributed by atoms with Gasteiger partial charge >= 0.3 is 6.03 Å². The molecule has 26 heavy (non-hydrogen) atoms. The van der Waals surface area contributed by atoms with Crippen molar-refractivity contribution in [2.45, 2.75) is 19.0 Å². The number of amides is 3. The largest absolute Gasteiger partial charge is 0.337 e. The molecule has 9 heteroatoms. The molecule has 3 aromatic rings. The van der Waals surface area contributed by atoms with Crippen LogP contribution in [-0.4, -0.2) is 27.0 Å². The second-order valence-electron chi connectivity index (χ2n) is 5.95. The Balaban J connectivity index is 1.60. The molecule has 1 aromatic carbocycles. The summed E-state index contributed by atoms with van der Waals surface area (Å²) in [4.78, 5) is 30.3. The number of carbonyl (C=O) groups excluding carboxylic acids is 2. The molecule has 132 valence electrons. The molecule has 0 saturated carbocycles. The first kappa shape index (κ1) is 16.4. The van der Waals surface area contributed by atoms with Crippen LogP contribution in [-0.2, 0) is 16.9 Å². The van der Waals surface area contributed by atoms with Crippen molar-refractivity contribution in [1.29, 1.82) is 0 Å². The van der Waals surface area contributed by atoms with E-state index in [2.05, 4.69) is 15.5 Å². The van der Waals surface area contributed by atoms with Crippen molar-refractivity contribution in [3.63, 3.8) is 0 Å². The van der Waals surface area contributed by atoms with Crippen molar-refractivity contribution in [1.82, 2.24) is 20.4 Å². The topological polar surface area (TPSA) is 88.3 Å². The van der Waals surface area contributed by atoms with Gasteiger partial charge in [-0.3, -0.25) is 9.69 Å². The average molecular weight is 372 g/mol. The maximum atomic E-state index is 14.1. The number of rotatable bonds is 4. The number of benzene rings is 1. The highest BCUT2D eigenvalue weighted by Crippen LogP contribution is 2.31. The van der Waals surface area contributed by atoms with E-state index in [1.807, 2.05) is 16.8 Å². The van der Waals surface area contributed by atoms with Gasteiger partial charge in [0.15, 0.2) is 0 Å². The molecule has 1 fully saturated rings. The smallest absolute Gasteiger partial charge is 0.325 e. The van der Waals surface area contributed by atoms with Crippen molar-refractivity contribution < 1.29 is 18.5 Å². The molecule has 7 nitrogen and oxygen atoms in total. The molecule has 1 saturated heterocycles. The standard InChI is InChI=1S/C17H13FN4O3S/c1-17(11-4-2-3-5-12(11)18)15(23)22(16(24)20-17)8-13-19-14(21-25-13)10-6-7-26-9-10/h2-7,9H,8H2,1H3,(H,20,24)/t17-/m1/s1. The maximum absolute atomic E-state index is 14.1. The Kier molecular flexibility index (Phi) is 3.80. The number of nitrogens with one attached hydrogen (secondary N) is 1. The van der Waals surface area contributed by atoms with Gasteiger partial charge in [0.1, 0.15) is 17.9 Å². The molecular weight excluding hydrogens is 359 g/mol. The Labute approximate surface area is 151 Å². The summed E-state index contributed by atoms with van der Waals surface area (Å²) in [6.45, 7) is 1.28. The summed E-state index contributed by atoms with van der Waals surface area (Å²) in [7, 11) is 0. The average Bonchev–Trinajstić information content (AvgIpc) is 3.33. The summed E-state index contributed by atoms with van der Waals surface area (Å²) in [6, 6.07) is 7.03. The molecular formula is C17H13FN4O3S. The van der Waals surface area contributed by atoms with E-state index in [-0.39, 0.29) is 18.0 Å². The van der Waals surface area contributed by atoms with Gasteiger partial charge in [-0.05, 0) is 24.4 Å². The highest BCUT2D eigenvalue weighted by atomic mass is 32.1. The van der Waals surface area contributed by atoms with Gasteiger partial charge in [-0.1, -0.05) is 23.4 Å². The van der Waals surface area contributed by atoms with Crippen molar-refractivity contribution in [3.05, 3.63) is 58.4 Å². The number of nitrogens with zero attached hydrogens (tertiary/aromatic N) is 3. The molecule has 1 N–H and O–H groups in total. The molecule has 0 spiro atoms. The molecule has 0 bridgehead atoms. The predicted octanol–water partition coefficient (Wildman–Crippen LogP) is 2.90. The molecule has 0 radical (unpaired) electrons. The highest BCUT2D eigenvalue weighted by molar-refractivity contribution is 7.08. The lowest BCUT2D eigenvalue weighted by Gasteiger charge is -2.22. The zero-order valence-corrected chi connectivity index (χ0v) is 14.4. The van der Waals surface area contributed by atoms with Crippen molar-refractivity contribution in [3.8, 4) is 11.4 Å². The van der Waals surface area contributed by atoms with E-state index < -0.39 is 23.3 Å². The lowest BCUT2D eigenvalue weighted by molar-refractivity contribution is -0.131. The normalized spacial score (nSPS) is 19.8. The molecule has 3 amide bonds. The van der Waals surface area contributed by atoms with Crippen LogP contribution in [0, 0.1) is 5.82 Å². The number of hydrogen-bond donors (Lipinski definition) is 1. The Morgan fingerprint density at radius 3 is 2.85 bits per heavy atom. The summed E-state index contributed by atoms with van der Waals surface area (Å²) in [5.41, 5.74) is -0.595. The predicted molar refractivity (Wildman–Crippen MR) is 90.4 cm³/mol. The Hall–Kier alpha value is -3.07. The van der Waals surface area contributed by atoms with Gasteiger partial charge in [0, 0.05) is 16.5 Å². The van der Waals surface area contributed by atoms with Gasteiger partial charge in [-0.25, -0.2) is 9.18 Å². The van der Waals surface area contributed by atoms with Gasteiger partial charge in [0.05, 0.1) is 0 Å². The Morgan fingerprint density at radius 1 is 1.31 bits per heavy atom.